The highest BCUT2D eigenvalue weighted by atomic mass is 32.1. The third-order valence-electron chi connectivity index (χ3n) is 3.55. The number of carbonyl (C=O) groups is 2. The summed E-state index contributed by atoms with van der Waals surface area (Å²) in [5.74, 6) is -2.13. The average molecular weight is 438 g/mol. The zero-order chi connectivity index (χ0) is 21.7. The first-order valence-electron chi connectivity index (χ1n) is 8.14. The van der Waals surface area contributed by atoms with Gasteiger partial charge in [0.25, 0.3) is 0 Å². The van der Waals surface area contributed by atoms with Gasteiger partial charge in [-0.2, -0.15) is 18.4 Å². The number of anilines is 3. The van der Waals surface area contributed by atoms with Crippen LogP contribution in [0.3, 0.4) is 0 Å². The predicted molar refractivity (Wildman–Crippen MR) is 103 cm³/mol. The van der Waals surface area contributed by atoms with Gasteiger partial charge in [-0.25, -0.2) is 9.48 Å². The third kappa shape index (κ3) is 5.32. The van der Waals surface area contributed by atoms with Crippen LogP contribution in [0.2, 0.25) is 0 Å². The van der Waals surface area contributed by atoms with E-state index in [1.54, 1.807) is 24.3 Å². The number of nitrogens with one attached hydrogen (secondary N) is 5. The van der Waals surface area contributed by atoms with E-state index >= 15 is 0 Å². The number of hydrogen-bond donors (Lipinski definition) is 5. The van der Waals surface area contributed by atoms with Gasteiger partial charge in [-0.3, -0.25) is 15.6 Å². The molecule has 3 aromatic rings. The number of tetrazole rings is 1. The fourth-order valence-electron chi connectivity index (χ4n) is 2.22. The van der Waals surface area contributed by atoms with Crippen LogP contribution in [-0.2, 0) is 4.79 Å². The topological polar surface area (TPSA) is 129 Å². The average Bonchev–Trinajstić information content (AvgIpc) is 3.12. The minimum Gasteiger partial charge on any atom is -0.308 e. The number of hydrogen-bond acceptors (Lipinski definition) is 6. The number of aromatic nitrogens is 4. The molecule has 0 saturated carbocycles. The Hall–Kier alpha value is -3.94. The van der Waals surface area contributed by atoms with E-state index in [0.29, 0.717) is 17.1 Å². The highest BCUT2D eigenvalue weighted by Gasteiger charge is 2.38. The molecule has 3 rings (SSSR count). The van der Waals surface area contributed by atoms with Crippen LogP contribution in [0.1, 0.15) is 0 Å². The number of aromatic amines is 1. The molecule has 0 aliphatic heterocycles. The molecule has 3 amide bonds. The quantitative estimate of drug-likeness (QED) is 0.308. The lowest BCUT2D eigenvalue weighted by molar-refractivity contribution is -0.173. The lowest BCUT2D eigenvalue weighted by Gasteiger charge is -2.12. The fraction of sp³-hybridized carbons (Fsp3) is 0.0625. The van der Waals surface area contributed by atoms with Crippen molar-refractivity contribution in [1.82, 2.24) is 25.6 Å². The smallest absolute Gasteiger partial charge is 0.308 e. The second-order valence-electron chi connectivity index (χ2n) is 5.70. The molecule has 0 aliphatic carbocycles. The molecule has 0 spiro atoms. The third-order valence-corrected chi connectivity index (χ3v) is 3.82. The summed E-state index contributed by atoms with van der Waals surface area (Å²) < 4.78 is 38.1. The molecule has 1 heterocycles. The maximum Gasteiger partial charge on any atom is 0.472 e. The molecule has 156 valence electrons. The van der Waals surface area contributed by atoms with Gasteiger partial charge in [-0.1, -0.05) is 16.4 Å². The molecule has 2 aromatic carbocycles. The van der Waals surface area contributed by atoms with Crippen molar-refractivity contribution < 1.29 is 22.8 Å². The minimum absolute atomic E-state index is 0.191. The Kier molecular flexibility index (Phi) is 5.96. The van der Waals surface area contributed by atoms with Crippen molar-refractivity contribution in [2.45, 2.75) is 6.18 Å². The molecule has 0 fully saturated rings. The maximum atomic E-state index is 12.2. The molecule has 1 aromatic heterocycles. The van der Waals surface area contributed by atoms with E-state index in [4.69, 9.17) is 12.2 Å². The molecule has 0 radical (unpaired) electrons. The van der Waals surface area contributed by atoms with E-state index in [1.165, 1.54) is 34.4 Å². The van der Waals surface area contributed by atoms with Gasteiger partial charge in [0.1, 0.15) is 0 Å². The van der Waals surface area contributed by atoms with Gasteiger partial charge in [0, 0.05) is 11.4 Å². The summed E-state index contributed by atoms with van der Waals surface area (Å²) in [6.07, 6.45) is -5.00. The molecular weight excluding hydrogens is 425 g/mol. The summed E-state index contributed by atoms with van der Waals surface area (Å²) in [5.41, 5.74) is 5.28. The van der Waals surface area contributed by atoms with Crippen LogP contribution < -0.4 is 21.5 Å². The van der Waals surface area contributed by atoms with E-state index in [9.17, 15) is 22.8 Å². The van der Waals surface area contributed by atoms with E-state index in [2.05, 4.69) is 31.6 Å². The number of rotatable bonds is 5. The summed E-state index contributed by atoms with van der Waals surface area (Å²) in [7, 11) is 0. The number of benzene rings is 2. The van der Waals surface area contributed by atoms with Crippen molar-refractivity contribution in [3.63, 3.8) is 0 Å². The number of hydrazine groups is 1. The van der Waals surface area contributed by atoms with Gasteiger partial charge in [0.05, 0.1) is 11.4 Å². The lowest BCUT2D eigenvalue weighted by atomic mass is 10.2. The second kappa shape index (κ2) is 8.60. The molecule has 0 saturated heterocycles. The van der Waals surface area contributed by atoms with Crippen molar-refractivity contribution in [2.75, 3.05) is 16.1 Å². The first-order valence-corrected chi connectivity index (χ1v) is 8.55. The van der Waals surface area contributed by atoms with Crippen LogP contribution in [0.4, 0.5) is 35.0 Å². The van der Waals surface area contributed by atoms with Crippen LogP contribution in [0.25, 0.3) is 5.69 Å². The zero-order valence-corrected chi connectivity index (χ0v) is 15.6. The van der Waals surface area contributed by atoms with E-state index in [1.807, 2.05) is 0 Å². The van der Waals surface area contributed by atoms with Gasteiger partial charge >= 0.3 is 18.1 Å². The van der Waals surface area contributed by atoms with Crippen LogP contribution in [0, 0.1) is 4.77 Å². The van der Waals surface area contributed by atoms with Gasteiger partial charge in [-0.15, -0.1) is 0 Å². The predicted octanol–water partition coefficient (Wildman–Crippen LogP) is 2.97. The summed E-state index contributed by atoms with van der Waals surface area (Å²) in [5, 5.41) is 15.1. The highest BCUT2D eigenvalue weighted by molar-refractivity contribution is 7.71. The van der Waals surface area contributed by atoms with Crippen LogP contribution in [-0.4, -0.2) is 38.3 Å². The second-order valence-corrected chi connectivity index (χ2v) is 6.07. The number of amides is 3. The number of alkyl halides is 3. The van der Waals surface area contributed by atoms with Gasteiger partial charge in [-0.05, 0) is 54.7 Å². The van der Waals surface area contributed by atoms with Gasteiger partial charge < -0.3 is 10.6 Å². The molecule has 0 unspecified atom stereocenters. The number of carbonyl (C=O) groups excluding carboxylic acids is 2. The zero-order valence-electron chi connectivity index (χ0n) is 14.8. The minimum atomic E-state index is -5.00. The summed E-state index contributed by atoms with van der Waals surface area (Å²) in [4.78, 5) is 22.9. The van der Waals surface area contributed by atoms with Gasteiger partial charge in [0.2, 0.25) is 4.77 Å². The summed E-state index contributed by atoms with van der Waals surface area (Å²) in [6, 6.07) is 11.8. The van der Waals surface area contributed by atoms with Crippen molar-refractivity contribution in [2.24, 2.45) is 0 Å². The fourth-order valence-corrected chi connectivity index (χ4v) is 2.41. The Morgan fingerprint density at radius 2 is 1.67 bits per heavy atom. The van der Waals surface area contributed by atoms with Gasteiger partial charge in [0.15, 0.2) is 0 Å². The standard InChI is InChI=1S/C16H13F3N8O2S/c17-16(18,19)13(28)23-22-10-6-4-9(5-7-10)20-14(29)21-11-2-1-3-12(8-11)27-15(30)24-25-26-27/h1-8,22H,(H,23,28)(H2,20,21,29)(H,24,26,30). The van der Waals surface area contributed by atoms with Crippen LogP contribution in [0.5, 0.6) is 0 Å². The number of urea groups is 1. The first-order chi connectivity index (χ1) is 14.2. The lowest BCUT2D eigenvalue weighted by Crippen LogP contribution is -2.40. The Bertz CT molecular complexity index is 1110. The highest BCUT2D eigenvalue weighted by Crippen LogP contribution is 2.17. The number of halogens is 3. The Balaban J connectivity index is 1.57. The molecule has 10 nitrogen and oxygen atoms in total. The van der Waals surface area contributed by atoms with Crippen molar-refractivity contribution in [1.29, 1.82) is 0 Å². The largest absolute Gasteiger partial charge is 0.472 e. The molecule has 0 bridgehead atoms. The molecule has 30 heavy (non-hydrogen) atoms. The van der Waals surface area contributed by atoms with Crippen LogP contribution in [0.15, 0.2) is 48.5 Å². The Morgan fingerprint density at radius 1 is 1.00 bits per heavy atom. The Morgan fingerprint density at radius 3 is 2.30 bits per heavy atom. The van der Waals surface area contributed by atoms with E-state index < -0.39 is 18.1 Å². The molecule has 5 N–H and O–H groups in total. The van der Waals surface area contributed by atoms with E-state index in [0.717, 1.165) is 0 Å². The number of H-pyrrole nitrogens is 1. The SMILES string of the molecule is O=C(Nc1ccc(NNC(=O)C(F)(F)F)cc1)Nc1cccc(-n2[nH]nnc2=S)c1. The van der Waals surface area contributed by atoms with Crippen molar-refractivity contribution in [3.8, 4) is 5.69 Å². The molecule has 0 aliphatic rings. The molecule has 14 heteroatoms. The van der Waals surface area contributed by atoms with E-state index in [-0.39, 0.29) is 10.5 Å². The summed E-state index contributed by atoms with van der Waals surface area (Å²) >= 11 is 5.02. The maximum absolute atomic E-state index is 12.2. The normalized spacial score (nSPS) is 10.9. The molecule has 0 atom stereocenters. The monoisotopic (exact) mass is 438 g/mol. The first kappa shape index (κ1) is 20.8. The number of nitrogens with zero attached hydrogens (tertiary/aromatic N) is 3. The summed E-state index contributed by atoms with van der Waals surface area (Å²) in [6.45, 7) is 0. The van der Waals surface area contributed by atoms with Crippen LogP contribution >= 0.6 is 12.2 Å². The molecular formula is C16H13F3N8O2S. The van der Waals surface area contributed by atoms with Crippen molar-refractivity contribution >= 4 is 41.2 Å². The van der Waals surface area contributed by atoms with Crippen molar-refractivity contribution in [3.05, 3.63) is 53.3 Å². The Labute approximate surface area is 171 Å².